The molecule has 1 amide bonds. The van der Waals surface area contributed by atoms with Crippen molar-refractivity contribution in [2.75, 3.05) is 82.3 Å². The van der Waals surface area contributed by atoms with Crippen molar-refractivity contribution in [2.45, 2.75) is 44.9 Å². The van der Waals surface area contributed by atoms with Crippen LogP contribution < -0.4 is 19.7 Å². The van der Waals surface area contributed by atoms with Gasteiger partial charge in [0.25, 0.3) is 11.6 Å². The number of aromatic amines is 1. The number of ether oxygens (including phenoxy) is 2. The molecule has 0 atom stereocenters. The van der Waals surface area contributed by atoms with Crippen LogP contribution in [0.15, 0.2) is 89.6 Å². The fraction of sp³-hybridized carbons (Fsp3) is 0.391. The van der Waals surface area contributed by atoms with Gasteiger partial charge in [-0.05, 0) is 103 Å². The summed E-state index contributed by atoms with van der Waals surface area (Å²) in [5, 5.41) is 17.1. The molecule has 4 heterocycles. The first-order chi connectivity index (χ1) is 29.5. The van der Waals surface area contributed by atoms with Crippen LogP contribution in [0.3, 0.4) is 0 Å². The highest BCUT2D eigenvalue weighted by atomic mass is 35.5. The first kappa shape index (κ1) is 42.6. The number of allylic oxidation sites excluding steroid dienone is 1. The van der Waals surface area contributed by atoms with E-state index in [4.69, 9.17) is 21.1 Å². The second-order valence-electron chi connectivity index (χ2n) is 16.9. The summed E-state index contributed by atoms with van der Waals surface area (Å²) < 4.78 is 14.8. The lowest BCUT2D eigenvalue weighted by molar-refractivity contribution is -0.384. The Bertz CT molecular complexity index is 2410. The highest BCUT2D eigenvalue weighted by Crippen LogP contribution is 2.43. The molecule has 3 aromatic carbocycles. The summed E-state index contributed by atoms with van der Waals surface area (Å²) in [5.74, 6) is 0.499. The number of halogens is 1. The molecule has 15 heteroatoms. The molecular weight excluding hydrogens is 812 g/mol. The van der Waals surface area contributed by atoms with Crippen LogP contribution >= 0.6 is 23.5 Å². The molecule has 0 radical (unpaired) electrons. The third kappa shape index (κ3) is 10.5. The van der Waals surface area contributed by atoms with Gasteiger partial charge in [-0.25, -0.2) is 4.98 Å². The number of rotatable bonds is 14. The molecule has 0 saturated carbocycles. The van der Waals surface area contributed by atoms with Gasteiger partial charge < -0.3 is 24.7 Å². The lowest BCUT2D eigenvalue weighted by Crippen LogP contribution is -2.47. The number of aromatic nitrogens is 2. The predicted octanol–water partition coefficient (Wildman–Crippen LogP) is 9.19. The van der Waals surface area contributed by atoms with Crippen molar-refractivity contribution in [3.8, 4) is 11.5 Å². The van der Waals surface area contributed by atoms with Gasteiger partial charge in [0.05, 0.1) is 29.9 Å². The van der Waals surface area contributed by atoms with Crippen LogP contribution in [0, 0.1) is 22.5 Å². The number of carbonyl (C=O) groups is 1. The fourth-order valence-corrected chi connectivity index (χ4v) is 9.33. The smallest absolute Gasteiger partial charge is 0.293 e. The number of carbonyl (C=O) groups excluding carboxylic acids is 1. The van der Waals surface area contributed by atoms with E-state index in [9.17, 15) is 14.9 Å². The van der Waals surface area contributed by atoms with Crippen molar-refractivity contribution < 1.29 is 19.2 Å². The monoisotopic (exact) mass is 864 g/mol. The maximum Gasteiger partial charge on any atom is 0.293 e. The van der Waals surface area contributed by atoms with Gasteiger partial charge in [0.15, 0.2) is 0 Å². The van der Waals surface area contributed by atoms with E-state index in [0.29, 0.717) is 47.4 Å². The second kappa shape index (κ2) is 18.9. The van der Waals surface area contributed by atoms with Crippen LogP contribution in [0.5, 0.6) is 11.5 Å². The predicted molar refractivity (Wildman–Crippen MR) is 244 cm³/mol. The Morgan fingerprint density at radius 2 is 1.80 bits per heavy atom. The number of hydrogen-bond acceptors (Lipinski definition) is 11. The number of piperazine rings is 1. The number of hydrogen-bond donors (Lipinski definition) is 3. The second-order valence-corrected chi connectivity index (χ2v) is 18.2. The summed E-state index contributed by atoms with van der Waals surface area (Å²) in [6.07, 6.45) is 6.77. The molecule has 61 heavy (non-hydrogen) atoms. The van der Waals surface area contributed by atoms with Gasteiger partial charge in [-0.1, -0.05) is 43.2 Å². The highest BCUT2D eigenvalue weighted by Gasteiger charge is 2.30. The number of nitro groups is 1. The van der Waals surface area contributed by atoms with Crippen LogP contribution in [0.4, 0.5) is 17.1 Å². The van der Waals surface area contributed by atoms with Gasteiger partial charge in [-0.3, -0.25) is 29.4 Å². The van der Waals surface area contributed by atoms with E-state index >= 15 is 0 Å². The number of pyridine rings is 1. The first-order valence-corrected chi connectivity index (χ1v) is 22.2. The van der Waals surface area contributed by atoms with E-state index in [2.05, 4.69) is 60.7 Å². The van der Waals surface area contributed by atoms with E-state index in [1.54, 1.807) is 12.3 Å². The van der Waals surface area contributed by atoms with E-state index < -0.39 is 0 Å². The summed E-state index contributed by atoms with van der Waals surface area (Å²) in [7, 11) is 0. The Morgan fingerprint density at radius 3 is 2.57 bits per heavy atom. The maximum absolute atomic E-state index is 13.9. The Labute approximate surface area is 366 Å². The average molecular weight is 866 g/mol. The number of nitro benzene ring substituents is 1. The lowest BCUT2D eigenvalue weighted by Gasteiger charge is -2.39. The first-order valence-electron chi connectivity index (χ1n) is 21.0. The molecule has 0 spiro atoms. The minimum absolute atomic E-state index is 0.0405. The topological polar surface area (TPSA) is 141 Å². The number of nitrogens with zero attached hydrogens (tertiary/aromatic N) is 5. The average Bonchev–Trinajstić information content (AvgIpc) is 3.73. The number of nitrogens with one attached hydrogen (secondary N) is 3. The third-order valence-corrected chi connectivity index (χ3v) is 12.9. The molecule has 5 aromatic rings. The molecule has 1 aliphatic carbocycles. The molecular formula is C46H53ClN8O5S. The number of amides is 1. The van der Waals surface area contributed by atoms with Crippen molar-refractivity contribution in [3.63, 3.8) is 0 Å². The Morgan fingerprint density at radius 1 is 1.02 bits per heavy atom. The summed E-state index contributed by atoms with van der Waals surface area (Å²) in [5.41, 5.74) is 7.68. The lowest BCUT2D eigenvalue weighted by atomic mass is 9.72. The molecule has 3 aliphatic rings. The minimum atomic E-state index is -0.388. The zero-order valence-corrected chi connectivity index (χ0v) is 36.5. The van der Waals surface area contributed by atoms with E-state index in [1.165, 1.54) is 29.2 Å². The Balaban J connectivity index is 0.967. The highest BCUT2D eigenvalue weighted by molar-refractivity contribution is 7.98. The number of anilines is 2. The van der Waals surface area contributed by atoms with Crippen molar-refractivity contribution in [3.05, 3.63) is 117 Å². The summed E-state index contributed by atoms with van der Waals surface area (Å²) in [6, 6.07) is 21.1. The molecule has 0 unspecified atom stereocenters. The van der Waals surface area contributed by atoms with E-state index in [0.717, 1.165) is 104 Å². The number of morpholine rings is 1. The largest absolute Gasteiger partial charge is 0.455 e. The van der Waals surface area contributed by atoms with Gasteiger partial charge in [0.2, 0.25) is 0 Å². The van der Waals surface area contributed by atoms with Gasteiger partial charge in [-0.2, -0.15) is 0 Å². The van der Waals surface area contributed by atoms with Crippen molar-refractivity contribution in [1.82, 2.24) is 24.5 Å². The fourth-order valence-electron chi connectivity index (χ4n) is 8.47. The van der Waals surface area contributed by atoms with Crippen molar-refractivity contribution in [2.24, 2.45) is 5.41 Å². The number of H-pyrrole nitrogens is 1. The quantitative estimate of drug-likeness (QED) is 0.0559. The van der Waals surface area contributed by atoms with Crippen LogP contribution in [-0.2, 0) is 4.74 Å². The standard InChI is InChI=1S/C46H53ClN8O5S/c1-31-24-38(27-41(55(57)58)43(31)48-14-15-52-20-22-59-23-21-52)61-51-45(56)39-9-8-36(26-42(39)60-37-25-33-11-13-49-44(33)50-29-37)54-18-16-53(17-19-54)30-34-10-12-46(2,3)28-40(34)32-4-6-35(47)7-5-32/h4-9,11,13,24-27,29,48H,10,12,14-23,28,30H2,1-3H3,(H,49,50)(H,51,56). The van der Waals surface area contributed by atoms with Crippen LogP contribution in [0.2, 0.25) is 5.02 Å². The Kier molecular flexibility index (Phi) is 13.2. The van der Waals surface area contributed by atoms with Gasteiger partial charge in [-0.15, -0.1) is 0 Å². The van der Waals surface area contributed by atoms with Crippen LogP contribution in [0.25, 0.3) is 16.6 Å². The number of benzene rings is 3. The summed E-state index contributed by atoms with van der Waals surface area (Å²) >= 11 is 7.29. The minimum Gasteiger partial charge on any atom is -0.455 e. The van der Waals surface area contributed by atoms with E-state index in [-0.39, 0.29) is 21.9 Å². The Hall–Kier alpha value is -5.12. The zero-order chi connectivity index (χ0) is 42.5. The maximum atomic E-state index is 13.9. The van der Waals surface area contributed by atoms with Crippen LogP contribution in [-0.4, -0.2) is 103 Å². The third-order valence-electron chi connectivity index (χ3n) is 11.9. The number of fused-ring (bicyclic) bond motifs is 1. The molecule has 0 bridgehead atoms. The zero-order valence-electron chi connectivity index (χ0n) is 35.0. The van der Waals surface area contributed by atoms with Gasteiger partial charge in [0.1, 0.15) is 22.8 Å². The van der Waals surface area contributed by atoms with Crippen molar-refractivity contribution in [1.29, 1.82) is 0 Å². The molecule has 2 aliphatic heterocycles. The summed E-state index contributed by atoms with van der Waals surface area (Å²) in [6.45, 7) is 15.3. The molecule has 8 rings (SSSR count). The normalized spacial score (nSPS) is 17.4. The summed E-state index contributed by atoms with van der Waals surface area (Å²) in [4.78, 5) is 41.1. The molecule has 2 aromatic heterocycles. The molecule has 2 fully saturated rings. The molecule has 2 saturated heterocycles. The van der Waals surface area contributed by atoms with E-state index in [1.807, 2.05) is 55.6 Å². The molecule has 13 nitrogen and oxygen atoms in total. The van der Waals surface area contributed by atoms with Gasteiger partial charge >= 0.3 is 0 Å². The van der Waals surface area contributed by atoms with Crippen LogP contribution in [0.1, 0.15) is 54.6 Å². The van der Waals surface area contributed by atoms with Gasteiger partial charge in [0, 0.05) is 98.2 Å². The molecule has 3 N–H and O–H groups in total. The SMILES string of the molecule is Cc1cc(SNC(=O)c2ccc(N3CCN(CC4=C(c5ccc(Cl)cc5)CC(C)(C)CC4)CC3)cc2Oc2cnc3[nH]ccc3c2)cc([N+](=O)[O-])c1NCCN1CCOCC1. The van der Waals surface area contributed by atoms with Crippen molar-refractivity contribution >= 4 is 63.1 Å². The number of aryl methyl sites for hydroxylation is 1. The molecule has 320 valence electrons.